The lowest BCUT2D eigenvalue weighted by Crippen LogP contribution is -2.43. The van der Waals surface area contributed by atoms with Crippen LogP contribution < -0.4 is 5.32 Å². The topological polar surface area (TPSA) is 102 Å². The number of carbonyl (C=O) groups excluding carboxylic acids is 1. The SMILES string of the molecule is Cc1cc(CSc2ccccc2C(=O)NCCS(=O)(=O)N2CCOCC2)on1. The van der Waals surface area contributed by atoms with Crippen LogP contribution in [0, 0.1) is 6.92 Å². The number of sulfonamides is 1. The van der Waals surface area contributed by atoms with Crippen molar-refractivity contribution in [3.63, 3.8) is 0 Å². The molecule has 1 aromatic heterocycles. The highest BCUT2D eigenvalue weighted by Crippen LogP contribution is 2.26. The van der Waals surface area contributed by atoms with E-state index in [0.717, 1.165) is 16.3 Å². The zero-order valence-corrected chi connectivity index (χ0v) is 17.2. The van der Waals surface area contributed by atoms with Gasteiger partial charge in [0.2, 0.25) is 10.0 Å². The molecule has 0 spiro atoms. The van der Waals surface area contributed by atoms with Gasteiger partial charge in [0.15, 0.2) is 0 Å². The molecule has 1 amide bonds. The van der Waals surface area contributed by atoms with Gasteiger partial charge >= 0.3 is 0 Å². The molecule has 1 N–H and O–H groups in total. The maximum atomic E-state index is 12.6. The van der Waals surface area contributed by atoms with E-state index >= 15 is 0 Å². The molecule has 0 unspecified atom stereocenters. The second-order valence-electron chi connectivity index (χ2n) is 6.30. The van der Waals surface area contributed by atoms with Crippen molar-refractivity contribution in [2.24, 2.45) is 0 Å². The smallest absolute Gasteiger partial charge is 0.252 e. The Hall–Kier alpha value is -1.88. The lowest BCUT2D eigenvalue weighted by molar-refractivity contribution is 0.0730. The van der Waals surface area contributed by atoms with E-state index in [4.69, 9.17) is 9.26 Å². The van der Waals surface area contributed by atoms with E-state index in [-0.39, 0.29) is 18.2 Å². The Bertz CT molecular complexity index is 907. The van der Waals surface area contributed by atoms with Crippen LogP contribution in [0.4, 0.5) is 0 Å². The van der Waals surface area contributed by atoms with Crippen molar-refractivity contribution in [2.45, 2.75) is 17.6 Å². The van der Waals surface area contributed by atoms with Crippen molar-refractivity contribution < 1.29 is 22.5 Å². The number of aryl methyl sites for hydroxylation is 1. The van der Waals surface area contributed by atoms with Crippen molar-refractivity contribution in [2.75, 3.05) is 38.6 Å². The molecule has 0 aliphatic carbocycles. The zero-order chi connectivity index (χ0) is 20.0. The molecule has 8 nitrogen and oxygen atoms in total. The minimum absolute atomic E-state index is 0.0544. The summed E-state index contributed by atoms with van der Waals surface area (Å²) in [5.74, 6) is 0.852. The van der Waals surface area contributed by atoms with Crippen LogP contribution in [0.2, 0.25) is 0 Å². The highest BCUT2D eigenvalue weighted by atomic mass is 32.2. The molecule has 0 saturated carbocycles. The summed E-state index contributed by atoms with van der Waals surface area (Å²) in [5.41, 5.74) is 1.32. The summed E-state index contributed by atoms with van der Waals surface area (Å²) < 4.78 is 36.4. The van der Waals surface area contributed by atoms with E-state index in [2.05, 4.69) is 10.5 Å². The van der Waals surface area contributed by atoms with Crippen molar-refractivity contribution in [3.05, 3.63) is 47.3 Å². The van der Waals surface area contributed by atoms with Crippen molar-refractivity contribution in [1.82, 2.24) is 14.8 Å². The number of thioether (sulfide) groups is 1. The monoisotopic (exact) mass is 425 g/mol. The van der Waals surface area contributed by atoms with Gasteiger partial charge in [0, 0.05) is 30.6 Å². The number of rotatable bonds is 8. The zero-order valence-electron chi connectivity index (χ0n) is 15.6. The number of hydrogen-bond acceptors (Lipinski definition) is 7. The van der Waals surface area contributed by atoms with Gasteiger partial charge in [-0.3, -0.25) is 4.79 Å². The number of aromatic nitrogens is 1. The van der Waals surface area contributed by atoms with Crippen LogP contribution in [0.25, 0.3) is 0 Å². The first kappa shape index (κ1) is 20.8. The Morgan fingerprint density at radius 1 is 1.29 bits per heavy atom. The number of amides is 1. The number of ether oxygens (including phenoxy) is 1. The van der Waals surface area contributed by atoms with Gasteiger partial charge in [-0.05, 0) is 19.1 Å². The minimum atomic E-state index is -3.40. The summed E-state index contributed by atoms with van der Waals surface area (Å²) >= 11 is 1.47. The fourth-order valence-corrected chi connectivity index (χ4v) is 5.00. The van der Waals surface area contributed by atoms with Crippen LogP contribution in [0.15, 0.2) is 39.8 Å². The summed E-state index contributed by atoms with van der Waals surface area (Å²) in [5, 5.41) is 6.56. The first-order valence-electron chi connectivity index (χ1n) is 8.93. The molecular weight excluding hydrogens is 402 g/mol. The first-order chi connectivity index (χ1) is 13.5. The summed E-state index contributed by atoms with van der Waals surface area (Å²) in [6.07, 6.45) is 0. The largest absolute Gasteiger partial charge is 0.379 e. The Kier molecular flexibility index (Phi) is 7.11. The summed E-state index contributed by atoms with van der Waals surface area (Å²) in [7, 11) is -3.40. The van der Waals surface area contributed by atoms with E-state index in [1.165, 1.54) is 16.1 Å². The fraction of sp³-hybridized carbons (Fsp3) is 0.444. The predicted molar refractivity (Wildman–Crippen MR) is 106 cm³/mol. The second-order valence-corrected chi connectivity index (χ2v) is 9.41. The van der Waals surface area contributed by atoms with Gasteiger partial charge in [-0.15, -0.1) is 11.8 Å². The number of carbonyl (C=O) groups is 1. The third-order valence-electron chi connectivity index (χ3n) is 4.19. The van der Waals surface area contributed by atoms with Gasteiger partial charge in [0.25, 0.3) is 5.91 Å². The van der Waals surface area contributed by atoms with E-state index < -0.39 is 10.0 Å². The minimum Gasteiger partial charge on any atom is -0.379 e. The standard InChI is InChI=1S/C18H23N3O5S2/c1-14-12-15(26-20-14)13-27-17-5-3-2-4-16(17)18(22)19-6-11-28(23,24)21-7-9-25-10-8-21/h2-5,12H,6-11,13H2,1H3,(H,19,22). The molecule has 0 bridgehead atoms. The Morgan fingerprint density at radius 3 is 2.75 bits per heavy atom. The number of hydrogen-bond donors (Lipinski definition) is 1. The highest BCUT2D eigenvalue weighted by molar-refractivity contribution is 7.98. The molecule has 1 aliphatic heterocycles. The van der Waals surface area contributed by atoms with E-state index in [0.29, 0.717) is 37.6 Å². The molecular formula is C18H23N3O5S2. The Morgan fingerprint density at radius 2 is 2.04 bits per heavy atom. The molecule has 152 valence electrons. The van der Waals surface area contributed by atoms with Crippen LogP contribution in [-0.2, 0) is 20.5 Å². The molecule has 1 aliphatic rings. The first-order valence-corrected chi connectivity index (χ1v) is 11.5. The number of benzene rings is 1. The molecule has 2 aromatic rings. The van der Waals surface area contributed by atoms with Gasteiger partial charge in [-0.25, -0.2) is 8.42 Å². The van der Waals surface area contributed by atoms with Crippen LogP contribution in [0.3, 0.4) is 0 Å². The summed E-state index contributed by atoms with van der Waals surface area (Å²) in [4.78, 5) is 13.4. The Labute approximate surface area is 168 Å². The Balaban J connectivity index is 1.55. The molecule has 1 aromatic carbocycles. The highest BCUT2D eigenvalue weighted by Gasteiger charge is 2.24. The van der Waals surface area contributed by atoms with Crippen molar-refractivity contribution in [1.29, 1.82) is 0 Å². The van der Waals surface area contributed by atoms with Gasteiger partial charge in [0.05, 0.1) is 36.0 Å². The van der Waals surface area contributed by atoms with Gasteiger partial charge in [-0.1, -0.05) is 17.3 Å². The third-order valence-corrected chi connectivity index (χ3v) is 7.16. The van der Waals surface area contributed by atoms with Gasteiger partial charge in [0.1, 0.15) is 5.76 Å². The van der Waals surface area contributed by atoms with Gasteiger partial charge in [-0.2, -0.15) is 4.31 Å². The van der Waals surface area contributed by atoms with Crippen LogP contribution in [0.5, 0.6) is 0 Å². The van der Waals surface area contributed by atoms with E-state index in [1.54, 1.807) is 12.1 Å². The molecule has 10 heteroatoms. The van der Waals surface area contributed by atoms with Crippen molar-refractivity contribution in [3.8, 4) is 0 Å². The molecule has 1 fully saturated rings. The normalized spacial score (nSPS) is 15.5. The number of morpholine rings is 1. The maximum Gasteiger partial charge on any atom is 0.252 e. The van der Waals surface area contributed by atoms with E-state index in [1.807, 2.05) is 25.1 Å². The summed E-state index contributed by atoms with van der Waals surface area (Å²) in [6.45, 7) is 3.43. The number of nitrogens with one attached hydrogen (secondary N) is 1. The fourth-order valence-electron chi connectivity index (χ4n) is 2.76. The van der Waals surface area contributed by atoms with Crippen LogP contribution in [-0.4, -0.2) is 62.4 Å². The summed E-state index contributed by atoms with van der Waals surface area (Å²) in [6, 6.07) is 9.06. The molecule has 3 rings (SSSR count). The van der Waals surface area contributed by atoms with Gasteiger partial charge < -0.3 is 14.6 Å². The third kappa shape index (κ3) is 5.57. The average Bonchev–Trinajstić information content (AvgIpc) is 3.12. The lowest BCUT2D eigenvalue weighted by atomic mass is 10.2. The average molecular weight is 426 g/mol. The predicted octanol–water partition coefficient (Wildman–Crippen LogP) is 1.67. The molecule has 0 atom stereocenters. The lowest BCUT2D eigenvalue weighted by Gasteiger charge is -2.26. The van der Waals surface area contributed by atoms with E-state index in [9.17, 15) is 13.2 Å². The number of nitrogens with zero attached hydrogens (tertiary/aromatic N) is 2. The molecule has 1 saturated heterocycles. The molecule has 28 heavy (non-hydrogen) atoms. The quantitative estimate of drug-likeness (QED) is 0.642. The maximum absolute atomic E-state index is 12.6. The molecule has 0 radical (unpaired) electrons. The van der Waals surface area contributed by atoms with Crippen LogP contribution in [0.1, 0.15) is 21.8 Å². The molecule has 2 heterocycles. The van der Waals surface area contributed by atoms with Crippen LogP contribution >= 0.6 is 11.8 Å². The second kappa shape index (κ2) is 9.55. The van der Waals surface area contributed by atoms with Crippen molar-refractivity contribution >= 4 is 27.7 Å².